The molecule has 0 aliphatic carbocycles. The predicted octanol–water partition coefficient (Wildman–Crippen LogP) is 2.12. The lowest BCUT2D eigenvalue weighted by Crippen LogP contribution is -2.36. The van der Waals surface area contributed by atoms with Gasteiger partial charge in [-0.1, -0.05) is 13.0 Å². The second kappa shape index (κ2) is 5.41. The maximum atomic E-state index is 10.2. The van der Waals surface area contributed by atoms with Crippen molar-refractivity contribution in [1.29, 1.82) is 0 Å². The Labute approximate surface area is 96.5 Å². The Hall–Kier alpha value is -0.930. The number of aliphatic hydroxyl groups is 1. The van der Waals surface area contributed by atoms with Crippen LogP contribution in [-0.4, -0.2) is 28.9 Å². The molecule has 1 aromatic heterocycles. The molecule has 2 rings (SSSR count). The van der Waals surface area contributed by atoms with Gasteiger partial charge >= 0.3 is 0 Å². The van der Waals surface area contributed by atoms with Crippen molar-refractivity contribution in [3.05, 3.63) is 30.1 Å². The Bertz CT molecular complexity index is 309. The van der Waals surface area contributed by atoms with Gasteiger partial charge in [-0.25, -0.2) is 0 Å². The van der Waals surface area contributed by atoms with Crippen LogP contribution in [0.4, 0.5) is 0 Å². The van der Waals surface area contributed by atoms with Crippen molar-refractivity contribution in [3.63, 3.8) is 0 Å². The molecule has 2 heterocycles. The summed E-state index contributed by atoms with van der Waals surface area (Å²) in [6, 6.07) is 5.80. The molecule has 3 heteroatoms. The largest absolute Gasteiger partial charge is 0.390 e. The third-order valence-electron chi connectivity index (χ3n) is 3.26. The molecular weight excluding hydrogens is 202 g/mol. The first kappa shape index (κ1) is 11.6. The van der Waals surface area contributed by atoms with E-state index in [0.29, 0.717) is 0 Å². The second-order valence-electron chi connectivity index (χ2n) is 4.44. The molecule has 88 valence electrons. The van der Waals surface area contributed by atoms with Crippen LogP contribution >= 0.6 is 0 Å². The second-order valence-corrected chi connectivity index (χ2v) is 4.44. The van der Waals surface area contributed by atoms with Crippen LogP contribution in [0.25, 0.3) is 0 Å². The highest BCUT2D eigenvalue weighted by molar-refractivity contribution is 5.10. The number of nitrogens with zero attached hydrogens (tertiary/aromatic N) is 1. The van der Waals surface area contributed by atoms with Crippen LogP contribution in [0.5, 0.6) is 0 Å². The number of pyridine rings is 1. The van der Waals surface area contributed by atoms with Crippen LogP contribution in [0.1, 0.15) is 37.8 Å². The van der Waals surface area contributed by atoms with Crippen LogP contribution in [0.15, 0.2) is 24.4 Å². The SMILES string of the molecule is CC(c1ccccn1)C(O)C1CCCCO1. The molecule has 0 spiro atoms. The van der Waals surface area contributed by atoms with Crippen molar-refractivity contribution in [2.75, 3.05) is 6.61 Å². The number of aliphatic hydroxyl groups excluding tert-OH is 1. The molecule has 1 N–H and O–H groups in total. The molecular formula is C13H19NO2. The van der Waals surface area contributed by atoms with E-state index in [9.17, 15) is 5.11 Å². The minimum absolute atomic E-state index is 0.0224. The van der Waals surface area contributed by atoms with Gasteiger partial charge in [0.2, 0.25) is 0 Å². The van der Waals surface area contributed by atoms with E-state index < -0.39 is 6.10 Å². The fourth-order valence-corrected chi connectivity index (χ4v) is 2.18. The first-order chi connectivity index (χ1) is 7.79. The normalized spacial score (nSPS) is 25.0. The Balaban J connectivity index is 2.00. The van der Waals surface area contributed by atoms with Crippen LogP contribution < -0.4 is 0 Å². The zero-order valence-electron chi connectivity index (χ0n) is 9.67. The molecule has 0 amide bonds. The highest BCUT2D eigenvalue weighted by atomic mass is 16.5. The molecule has 3 atom stereocenters. The van der Waals surface area contributed by atoms with E-state index >= 15 is 0 Å². The molecule has 1 aliphatic heterocycles. The summed E-state index contributed by atoms with van der Waals surface area (Å²) in [5, 5.41) is 10.2. The summed E-state index contributed by atoms with van der Waals surface area (Å²) in [5.41, 5.74) is 0.934. The van der Waals surface area contributed by atoms with Crippen molar-refractivity contribution >= 4 is 0 Å². The van der Waals surface area contributed by atoms with E-state index in [2.05, 4.69) is 4.98 Å². The van der Waals surface area contributed by atoms with Crippen LogP contribution in [0.3, 0.4) is 0 Å². The Morgan fingerprint density at radius 1 is 1.44 bits per heavy atom. The Morgan fingerprint density at radius 2 is 2.31 bits per heavy atom. The molecule has 16 heavy (non-hydrogen) atoms. The summed E-state index contributed by atoms with van der Waals surface area (Å²) in [5.74, 6) is 0.0318. The molecule has 0 saturated carbocycles. The average molecular weight is 221 g/mol. The average Bonchev–Trinajstić information content (AvgIpc) is 2.39. The molecule has 1 aromatic rings. The molecule has 3 nitrogen and oxygen atoms in total. The minimum atomic E-state index is -0.449. The highest BCUT2D eigenvalue weighted by Crippen LogP contribution is 2.25. The van der Waals surface area contributed by atoms with E-state index in [-0.39, 0.29) is 12.0 Å². The van der Waals surface area contributed by atoms with E-state index in [1.54, 1.807) is 6.20 Å². The Morgan fingerprint density at radius 3 is 2.94 bits per heavy atom. The third kappa shape index (κ3) is 2.60. The molecule has 0 bridgehead atoms. The van der Waals surface area contributed by atoms with Gasteiger partial charge in [0.15, 0.2) is 0 Å². The van der Waals surface area contributed by atoms with Gasteiger partial charge in [-0.15, -0.1) is 0 Å². The number of hydrogen-bond acceptors (Lipinski definition) is 3. The summed E-state index contributed by atoms with van der Waals surface area (Å²) < 4.78 is 5.60. The fraction of sp³-hybridized carbons (Fsp3) is 0.615. The van der Waals surface area contributed by atoms with Crippen molar-refractivity contribution < 1.29 is 9.84 Å². The molecule has 0 aromatic carbocycles. The van der Waals surface area contributed by atoms with Crippen molar-refractivity contribution in [1.82, 2.24) is 4.98 Å². The molecule has 1 fully saturated rings. The van der Waals surface area contributed by atoms with Crippen LogP contribution in [0.2, 0.25) is 0 Å². The lowest BCUT2D eigenvalue weighted by atomic mass is 9.92. The first-order valence-electron chi connectivity index (χ1n) is 5.99. The van der Waals surface area contributed by atoms with E-state index in [1.807, 2.05) is 25.1 Å². The standard InChI is InChI=1S/C13H19NO2/c1-10(11-6-2-4-8-14-11)13(15)12-7-3-5-9-16-12/h2,4,6,8,10,12-13,15H,3,5,7,9H2,1H3. The topological polar surface area (TPSA) is 42.4 Å². The summed E-state index contributed by atoms with van der Waals surface area (Å²) in [7, 11) is 0. The summed E-state index contributed by atoms with van der Waals surface area (Å²) in [6.45, 7) is 2.78. The van der Waals surface area contributed by atoms with Crippen LogP contribution in [0, 0.1) is 0 Å². The quantitative estimate of drug-likeness (QED) is 0.850. The number of hydrogen-bond donors (Lipinski definition) is 1. The summed E-state index contributed by atoms with van der Waals surface area (Å²) in [4.78, 5) is 4.28. The predicted molar refractivity (Wildman–Crippen MR) is 62.2 cm³/mol. The third-order valence-corrected chi connectivity index (χ3v) is 3.26. The van der Waals surface area contributed by atoms with Crippen molar-refractivity contribution in [2.24, 2.45) is 0 Å². The van der Waals surface area contributed by atoms with Gasteiger partial charge in [-0.3, -0.25) is 4.98 Å². The first-order valence-corrected chi connectivity index (χ1v) is 5.99. The Kier molecular flexibility index (Phi) is 3.91. The van der Waals surface area contributed by atoms with Gasteiger partial charge in [-0.2, -0.15) is 0 Å². The lowest BCUT2D eigenvalue weighted by Gasteiger charge is -2.30. The number of ether oxygens (including phenoxy) is 1. The lowest BCUT2D eigenvalue weighted by molar-refractivity contribution is -0.0697. The van der Waals surface area contributed by atoms with Crippen molar-refractivity contribution in [3.8, 4) is 0 Å². The number of aromatic nitrogens is 1. The van der Waals surface area contributed by atoms with Gasteiger partial charge in [0.05, 0.1) is 12.2 Å². The monoisotopic (exact) mass is 221 g/mol. The zero-order valence-corrected chi connectivity index (χ0v) is 9.67. The molecule has 0 radical (unpaired) electrons. The van der Waals surface area contributed by atoms with E-state index in [4.69, 9.17) is 4.74 Å². The van der Waals surface area contributed by atoms with Crippen LogP contribution in [-0.2, 0) is 4.74 Å². The molecule has 3 unspecified atom stereocenters. The van der Waals surface area contributed by atoms with Gasteiger partial charge in [0, 0.05) is 24.4 Å². The zero-order chi connectivity index (χ0) is 11.4. The fourth-order valence-electron chi connectivity index (χ4n) is 2.18. The highest BCUT2D eigenvalue weighted by Gasteiger charge is 2.28. The molecule has 1 aliphatic rings. The van der Waals surface area contributed by atoms with Gasteiger partial charge in [0.1, 0.15) is 0 Å². The molecule has 1 saturated heterocycles. The summed E-state index contributed by atoms with van der Waals surface area (Å²) in [6.07, 6.45) is 4.51. The maximum absolute atomic E-state index is 10.2. The maximum Gasteiger partial charge on any atom is 0.0882 e. The van der Waals surface area contributed by atoms with Gasteiger partial charge in [-0.05, 0) is 31.4 Å². The smallest absolute Gasteiger partial charge is 0.0882 e. The summed E-state index contributed by atoms with van der Waals surface area (Å²) >= 11 is 0. The van der Waals surface area contributed by atoms with Gasteiger partial charge < -0.3 is 9.84 Å². The number of rotatable bonds is 3. The van der Waals surface area contributed by atoms with Crippen molar-refractivity contribution in [2.45, 2.75) is 44.3 Å². The van der Waals surface area contributed by atoms with Gasteiger partial charge in [0.25, 0.3) is 0 Å². The van der Waals surface area contributed by atoms with E-state index in [0.717, 1.165) is 31.6 Å². The van der Waals surface area contributed by atoms with E-state index in [1.165, 1.54) is 0 Å². The minimum Gasteiger partial charge on any atom is -0.390 e.